The Morgan fingerprint density at radius 3 is 2.75 bits per heavy atom. The van der Waals surface area contributed by atoms with Crippen LogP contribution < -0.4 is 20.7 Å². The second kappa shape index (κ2) is 6.08. The number of aryl methyl sites for hydroxylation is 1. The van der Waals surface area contributed by atoms with Crippen molar-refractivity contribution < 1.29 is 14.0 Å². The van der Waals surface area contributed by atoms with Crippen molar-refractivity contribution in [3.05, 3.63) is 68.7 Å². The normalized spacial score (nSPS) is 12.6. The lowest BCUT2D eigenvalue weighted by Crippen LogP contribution is -2.35. The first-order chi connectivity index (χ1) is 13.6. The average molecular weight is 378 g/mol. The number of hydrogen-bond acceptors (Lipinski definition) is 7. The van der Waals surface area contributed by atoms with Gasteiger partial charge in [0, 0.05) is 11.6 Å². The highest BCUT2D eigenvalue weighted by atomic mass is 16.7. The second-order valence-electron chi connectivity index (χ2n) is 6.40. The summed E-state index contributed by atoms with van der Waals surface area (Å²) in [7, 11) is 0. The number of aromatic nitrogens is 4. The van der Waals surface area contributed by atoms with E-state index in [1.807, 2.05) is 31.2 Å². The maximum atomic E-state index is 12.8. The summed E-state index contributed by atoms with van der Waals surface area (Å²) in [6, 6.07) is 10.7. The molecule has 0 atom stereocenters. The van der Waals surface area contributed by atoms with Gasteiger partial charge in [-0.25, -0.2) is 4.79 Å². The highest BCUT2D eigenvalue weighted by molar-refractivity contribution is 5.81. The maximum absolute atomic E-state index is 12.8. The molecule has 2 aromatic carbocycles. The Morgan fingerprint density at radius 2 is 1.93 bits per heavy atom. The minimum absolute atomic E-state index is 0.0771. The molecule has 0 saturated carbocycles. The molecule has 9 nitrogen and oxygen atoms in total. The van der Waals surface area contributed by atoms with E-state index in [1.165, 1.54) is 0 Å². The molecule has 1 aliphatic rings. The number of H-pyrrole nitrogens is 1. The third kappa shape index (κ3) is 2.56. The lowest BCUT2D eigenvalue weighted by molar-refractivity contribution is 0.174. The fourth-order valence-corrected chi connectivity index (χ4v) is 3.17. The lowest BCUT2D eigenvalue weighted by atomic mass is 10.1. The monoisotopic (exact) mass is 378 g/mol. The van der Waals surface area contributed by atoms with Crippen molar-refractivity contribution in [3.63, 3.8) is 0 Å². The Balaban J connectivity index is 1.56. The summed E-state index contributed by atoms with van der Waals surface area (Å²) in [4.78, 5) is 32.3. The van der Waals surface area contributed by atoms with Gasteiger partial charge in [-0.3, -0.25) is 9.36 Å². The molecule has 9 heteroatoms. The molecule has 0 unspecified atom stereocenters. The van der Waals surface area contributed by atoms with E-state index in [0.29, 0.717) is 28.2 Å². The maximum Gasteiger partial charge on any atom is 0.329 e. The molecule has 0 fully saturated rings. The molecule has 0 amide bonds. The van der Waals surface area contributed by atoms with Gasteiger partial charge in [-0.05, 0) is 18.6 Å². The lowest BCUT2D eigenvalue weighted by Gasteiger charge is -2.05. The minimum Gasteiger partial charge on any atom is -0.454 e. The van der Waals surface area contributed by atoms with Gasteiger partial charge in [-0.1, -0.05) is 29.4 Å². The van der Waals surface area contributed by atoms with E-state index in [1.54, 1.807) is 12.1 Å². The van der Waals surface area contributed by atoms with Gasteiger partial charge in [0.25, 0.3) is 5.56 Å². The van der Waals surface area contributed by atoms with E-state index in [-0.39, 0.29) is 19.2 Å². The second-order valence-corrected chi connectivity index (χ2v) is 6.40. The number of hydrogen-bond donors (Lipinski definition) is 1. The molecule has 140 valence electrons. The Labute approximate surface area is 157 Å². The molecule has 3 heterocycles. The van der Waals surface area contributed by atoms with E-state index < -0.39 is 11.2 Å². The largest absolute Gasteiger partial charge is 0.454 e. The fraction of sp³-hybridized carbons (Fsp3) is 0.158. The number of aromatic amines is 1. The molecular weight excluding hydrogens is 364 g/mol. The van der Waals surface area contributed by atoms with Crippen LogP contribution in [0.4, 0.5) is 0 Å². The van der Waals surface area contributed by atoms with Crippen molar-refractivity contribution in [2.24, 2.45) is 0 Å². The van der Waals surface area contributed by atoms with Crippen LogP contribution in [0.2, 0.25) is 0 Å². The summed E-state index contributed by atoms with van der Waals surface area (Å²) in [6.45, 7) is 1.87. The molecule has 0 bridgehead atoms. The minimum atomic E-state index is -0.577. The van der Waals surface area contributed by atoms with Gasteiger partial charge in [0.05, 0.1) is 10.9 Å². The van der Waals surface area contributed by atoms with Crippen LogP contribution in [0.5, 0.6) is 11.5 Å². The SMILES string of the molecule is Cc1ccccc1-c1noc(Cn2c(=O)[nH]c3cc4c(cc3c2=O)OCO4)n1. The van der Waals surface area contributed by atoms with Gasteiger partial charge in [0.2, 0.25) is 18.5 Å². The summed E-state index contributed by atoms with van der Waals surface area (Å²) >= 11 is 0. The van der Waals surface area contributed by atoms with E-state index in [2.05, 4.69) is 15.1 Å². The first-order valence-corrected chi connectivity index (χ1v) is 8.55. The average Bonchev–Trinajstić information content (AvgIpc) is 3.33. The van der Waals surface area contributed by atoms with E-state index in [4.69, 9.17) is 14.0 Å². The standard InChI is InChI=1S/C19H14N4O5/c1-10-4-2-3-5-11(10)17-21-16(28-22-17)8-23-18(24)12-6-14-15(27-9-26-14)7-13(12)20-19(23)25/h2-7H,8-9H2,1H3,(H,20,25). The van der Waals surface area contributed by atoms with Gasteiger partial charge < -0.3 is 19.0 Å². The quantitative estimate of drug-likeness (QED) is 0.579. The summed E-state index contributed by atoms with van der Waals surface area (Å²) < 4.78 is 16.9. The predicted molar refractivity (Wildman–Crippen MR) is 98.5 cm³/mol. The molecule has 1 N–H and O–H groups in total. The molecule has 0 spiro atoms. The first-order valence-electron chi connectivity index (χ1n) is 8.55. The van der Waals surface area contributed by atoms with Crippen LogP contribution in [0.1, 0.15) is 11.5 Å². The van der Waals surface area contributed by atoms with Crippen molar-refractivity contribution in [3.8, 4) is 22.9 Å². The van der Waals surface area contributed by atoms with Crippen molar-refractivity contribution in [2.45, 2.75) is 13.5 Å². The third-order valence-corrected chi connectivity index (χ3v) is 4.62. The van der Waals surface area contributed by atoms with E-state index in [9.17, 15) is 9.59 Å². The number of rotatable bonds is 3. The predicted octanol–water partition coefficient (Wildman–Crippen LogP) is 1.83. The van der Waals surface area contributed by atoms with Crippen LogP contribution in [0.15, 0.2) is 50.5 Å². The number of benzene rings is 2. The zero-order valence-electron chi connectivity index (χ0n) is 14.8. The van der Waals surface area contributed by atoms with Crippen LogP contribution in [-0.4, -0.2) is 26.5 Å². The van der Waals surface area contributed by atoms with Crippen molar-refractivity contribution in [2.75, 3.05) is 6.79 Å². The van der Waals surface area contributed by atoms with Gasteiger partial charge in [-0.2, -0.15) is 4.98 Å². The van der Waals surface area contributed by atoms with Crippen LogP contribution in [0.3, 0.4) is 0 Å². The van der Waals surface area contributed by atoms with E-state index in [0.717, 1.165) is 15.7 Å². The number of ether oxygens (including phenoxy) is 2. The van der Waals surface area contributed by atoms with Crippen molar-refractivity contribution >= 4 is 10.9 Å². The van der Waals surface area contributed by atoms with Crippen LogP contribution >= 0.6 is 0 Å². The van der Waals surface area contributed by atoms with Gasteiger partial charge in [0.15, 0.2) is 11.5 Å². The van der Waals surface area contributed by atoms with Crippen LogP contribution in [0.25, 0.3) is 22.3 Å². The Hall–Kier alpha value is -3.88. The van der Waals surface area contributed by atoms with Crippen molar-refractivity contribution in [1.29, 1.82) is 0 Å². The van der Waals surface area contributed by atoms with Crippen LogP contribution in [0, 0.1) is 6.92 Å². The molecule has 4 aromatic rings. The highest BCUT2D eigenvalue weighted by Gasteiger charge is 2.19. The number of nitrogens with zero attached hydrogens (tertiary/aromatic N) is 3. The molecule has 28 heavy (non-hydrogen) atoms. The van der Waals surface area contributed by atoms with Crippen molar-refractivity contribution in [1.82, 2.24) is 19.7 Å². The summed E-state index contributed by atoms with van der Waals surface area (Å²) in [6.07, 6.45) is 0. The van der Waals surface area contributed by atoms with Gasteiger partial charge >= 0.3 is 5.69 Å². The molecule has 0 aliphatic carbocycles. The van der Waals surface area contributed by atoms with Gasteiger partial charge in [-0.15, -0.1) is 0 Å². The van der Waals surface area contributed by atoms with E-state index >= 15 is 0 Å². The molecular formula is C19H14N4O5. The Kier molecular flexibility index (Phi) is 3.54. The summed E-state index contributed by atoms with van der Waals surface area (Å²) in [5, 5.41) is 4.27. The number of nitrogens with one attached hydrogen (secondary N) is 1. The summed E-state index contributed by atoms with van der Waals surface area (Å²) in [5.74, 6) is 1.51. The van der Waals surface area contributed by atoms with Gasteiger partial charge in [0.1, 0.15) is 6.54 Å². The van der Waals surface area contributed by atoms with Crippen LogP contribution in [-0.2, 0) is 6.54 Å². The summed E-state index contributed by atoms with van der Waals surface area (Å²) in [5.41, 5.74) is 1.14. The zero-order chi connectivity index (χ0) is 19.3. The molecule has 5 rings (SSSR count). The fourth-order valence-electron chi connectivity index (χ4n) is 3.17. The molecule has 2 aromatic heterocycles. The topological polar surface area (TPSA) is 112 Å². The molecule has 1 aliphatic heterocycles. The highest BCUT2D eigenvalue weighted by Crippen LogP contribution is 2.34. The molecule has 0 radical (unpaired) electrons. The zero-order valence-corrected chi connectivity index (χ0v) is 14.8. The Bertz CT molecular complexity index is 1330. The number of fused-ring (bicyclic) bond motifs is 2. The Morgan fingerprint density at radius 1 is 1.14 bits per heavy atom. The third-order valence-electron chi connectivity index (χ3n) is 4.62. The smallest absolute Gasteiger partial charge is 0.329 e. The molecule has 0 saturated heterocycles. The first kappa shape index (κ1) is 16.3.